The molecule has 0 amide bonds. The Kier molecular flexibility index (Phi) is 4.62. The summed E-state index contributed by atoms with van der Waals surface area (Å²) in [6.45, 7) is 0. The fraction of sp³-hybridized carbons (Fsp3) is 0.158. The third-order valence-electron chi connectivity index (χ3n) is 3.73. The van der Waals surface area contributed by atoms with Crippen LogP contribution in [0.15, 0.2) is 48.5 Å². The monoisotopic (exact) mass is 340 g/mol. The van der Waals surface area contributed by atoms with Gasteiger partial charge in [-0.05, 0) is 35.2 Å². The Morgan fingerprint density at radius 2 is 1.83 bits per heavy atom. The number of benzene rings is 2. The molecule has 0 aliphatic rings. The van der Waals surface area contributed by atoms with Gasteiger partial charge in [0.2, 0.25) is 0 Å². The Labute approximate surface area is 143 Å². The zero-order chi connectivity index (χ0) is 17.1. The van der Waals surface area contributed by atoms with E-state index in [4.69, 9.17) is 9.47 Å². The molecule has 0 bridgehead atoms. The van der Waals surface area contributed by atoms with Gasteiger partial charge in [0.1, 0.15) is 11.3 Å². The maximum absolute atomic E-state index is 12.6. The molecule has 122 valence electrons. The lowest BCUT2D eigenvalue weighted by molar-refractivity contribution is 0.0596. The van der Waals surface area contributed by atoms with Crippen molar-refractivity contribution < 1.29 is 19.1 Å². The summed E-state index contributed by atoms with van der Waals surface area (Å²) in [6, 6.07) is 14.9. The van der Waals surface area contributed by atoms with Gasteiger partial charge in [-0.3, -0.25) is 4.79 Å². The first-order valence-electron chi connectivity index (χ1n) is 7.39. The molecule has 2 aromatic carbocycles. The second-order valence-corrected chi connectivity index (χ2v) is 6.36. The van der Waals surface area contributed by atoms with E-state index in [2.05, 4.69) is 0 Å². The molecule has 0 N–H and O–H groups in total. The van der Waals surface area contributed by atoms with E-state index in [0.29, 0.717) is 16.2 Å². The number of hydrogen-bond acceptors (Lipinski definition) is 5. The van der Waals surface area contributed by atoms with Crippen LogP contribution in [0.2, 0.25) is 0 Å². The van der Waals surface area contributed by atoms with Crippen LogP contribution in [0, 0.1) is 0 Å². The van der Waals surface area contributed by atoms with Crippen LogP contribution in [0.3, 0.4) is 0 Å². The van der Waals surface area contributed by atoms with Gasteiger partial charge in [-0.2, -0.15) is 0 Å². The molecule has 5 heteroatoms. The average Bonchev–Trinajstić information content (AvgIpc) is 3.05. The Morgan fingerprint density at radius 3 is 2.54 bits per heavy atom. The van der Waals surface area contributed by atoms with Crippen molar-refractivity contribution in [2.24, 2.45) is 0 Å². The normalized spacial score (nSPS) is 10.6. The van der Waals surface area contributed by atoms with Gasteiger partial charge in [0.25, 0.3) is 0 Å². The Bertz CT molecular complexity index is 878. The maximum atomic E-state index is 12.6. The molecule has 0 atom stereocenters. The zero-order valence-electron chi connectivity index (χ0n) is 13.4. The molecule has 0 spiro atoms. The minimum Gasteiger partial charge on any atom is -0.496 e. The molecular weight excluding hydrogens is 324 g/mol. The number of carbonyl (C=O) groups excluding carboxylic acids is 2. The summed E-state index contributed by atoms with van der Waals surface area (Å²) >= 11 is 1.48. The lowest BCUT2D eigenvalue weighted by atomic mass is 10.0. The molecular formula is C19H16O4S. The largest absolute Gasteiger partial charge is 0.496 e. The van der Waals surface area contributed by atoms with E-state index in [1.165, 1.54) is 25.6 Å². The molecule has 3 rings (SSSR count). The SMILES string of the molecule is COC(=O)c1cc(CC(=O)c2cc3ccccc3s2)ccc1OC. The minimum atomic E-state index is -0.483. The van der Waals surface area contributed by atoms with Crippen LogP contribution < -0.4 is 4.74 Å². The van der Waals surface area contributed by atoms with Crippen LogP contribution in [0.1, 0.15) is 25.6 Å². The number of fused-ring (bicyclic) bond motifs is 1. The van der Waals surface area contributed by atoms with Crippen molar-refractivity contribution in [2.75, 3.05) is 14.2 Å². The summed E-state index contributed by atoms with van der Waals surface area (Å²) in [7, 11) is 2.81. The van der Waals surface area contributed by atoms with Crippen LogP contribution in [0.25, 0.3) is 10.1 Å². The van der Waals surface area contributed by atoms with Gasteiger partial charge in [-0.15, -0.1) is 11.3 Å². The van der Waals surface area contributed by atoms with Crippen molar-refractivity contribution in [2.45, 2.75) is 6.42 Å². The molecule has 0 aliphatic carbocycles. The van der Waals surface area contributed by atoms with Crippen LogP contribution in [0.4, 0.5) is 0 Å². The van der Waals surface area contributed by atoms with Crippen molar-refractivity contribution in [3.63, 3.8) is 0 Å². The fourth-order valence-electron chi connectivity index (χ4n) is 2.53. The van der Waals surface area contributed by atoms with Gasteiger partial charge in [-0.25, -0.2) is 4.79 Å². The highest BCUT2D eigenvalue weighted by molar-refractivity contribution is 7.20. The highest BCUT2D eigenvalue weighted by atomic mass is 32.1. The lowest BCUT2D eigenvalue weighted by Gasteiger charge is -2.08. The quantitative estimate of drug-likeness (QED) is 0.518. The Morgan fingerprint density at radius 1 is 1.04 bits per heavy atom. The second kappa shape index (κ2) is 6.84. The average molecular weight is 340 g/mol. The molecule has 3 aromatic rings. The fourth-order valence-corrected chi connectivity index (χ4v) is 3.53. The van der Waals surface area contributed by atoms with E-state index >= 15 is 0 Å². The predicted molar refractivity (Wildman–Crippen MR) is 94.2 cm³/mol. The Hall–Kier alpha value is -2.66. The summed E-state index contributed by atoms with van der Waals surface area (Å²) < 4.78 is 11.0. The summed E-state index contributed by atoms with van der Waals surface area (Å²) in [5, 5.41) is 1.07. The summed E-state index contributed by atoms with van der Waals surface area (Å²) in [4.78, 5) is 25.1. The number of ether oxygens (including phenoxy) is 2. The van der Waals surface area contributed by atoms with Crippen molar-refractivity contribution in [1.82, 2.24) is 0 Å². The predicted octanol–water partition coefficient (Wildman–Crippen LogP) is 4.12. The van der Waals surface area contributed by atoms with Gasteiger partial charge in [0.15, 0.2) is 5.78 Å². The maximum Gasteiger partial charge on any atom is 0.341 e. The molecule has 0 aliphatic heterocycles. The first kappa shape index (κ1) is 16.2. The smallest absolute Gasteiger partial charge is 0.341 e. The number of ketones is 1. The molecule has 4 nitrogen and oxygen atoms in total. The number of Topliss-reactive ketones (excluding diaryl/α,β-unsaturated/α-hetero) is 1. The standard InChI is InChI=1S/C19H16O4S/c1-22-16-8-7-12(9-14(16)19(21)23-2)10-15(20)18-11-13-5-3-4-6-17(13)24-18/h3-9,11H,10H2,1-2H3. The van der Waals surface area contributed by atoms with E-state index in [1.54, 1.807) is 18.2 Å². The number of hydrogen-bond donors (Lipinski definition) is 0. The number of rotatable bonds is 5. The van der Waals surface area contributed by atoms with Crippen molar-refractivity contribution in [1.29, 1.82) is 0 Å². The zero-order valence-corrected chi connectivity index (χ0v) is 14.2. The van der Waals surface area contributed by atoms with Gasteiger partial charge in [-0.1, -0.05) is 24.3 Å². The first-order chi connectivity index (χ1) is 11.6. The van der Waals surface area contributed by atoms with E-state index in [0.717, 1.165) is 15.6 Å². The van der Waals surface area contributed by atoms with Crippen LogP contribution in [-0.4, -0.2) is 26.0 Å². The van der Waals surface area contributed by atoms with E-state index in [-0.39, 0.29) is 12.2 Å². The molecule has 24 heavy (non-hydrogen) atoms. The summed E-state index contributed by atoms with van der Waals surface area (Å²) in [6.07, 6.45) is 0.223. The van der Waals surface area contributed by atoms with E-state index in [9.17, 15) is 9.59 Å². The van der Waals surface area contributed by atoms with Crippen LogP contribution in [0.5, 0.6) is 5.75 Å². The highest BCUT2D eigenvalue weighted by Crippen LogP contribution is 2.27. The topological polar surface area (TPSA) is 52.6 Å². The molecule has 1 aromatic heterocycles. The third-order valence-corrected chi connectivity index (χ3v) is 4.89. The molecule has 0 saturated carbocycles. The number of methoxy groups -OCH3 is 2. The minimum absolute atomic E-state index is 0.0252. The highest BCUT2D eigenvalue weighted by Gasteiger charge is 2.16. The lowest BCUT2D eigenvalue weighted by Crippen LogP contribution is -2.07. The molecule has 0 saturated heterocycles. The van der Waals surface area contributed by atoms with Gasteiger partial charge < -0.3 is 9.47 Å². The van der Waals surface area contributed by atoms with Crippen molar-refractivity contribution >= 4 is 33.2 Å². The van der Waals surface area contributed by atoms with Gasteiger partial charge >= 0.3 is 5.97 Å². The third kappa shape index (κ3) is 3.16. The van der Waals surface area contributed by atoms with Gasteiger partial charge in [0, 0.05) is 11.1 Å². The molecule has 0 unspecified atom stereocenters. The van der Waals surface area contributed by atoms with Crippen molar-refractivity contribution in [3.05, 3.63) is 64.5 Å². The van der Waals surface area contributed by atoms with Gasteiger partial charge in [0.05, 0.1) is 19.1 Å². The van der Waals surface area contributed by atoms with E-state index < -0.39 is 5.97 Å². The molecule has 0 fully saturated rings. The number of thiophene rings is 1. The van der Waals surface area contributed by atoms with Crippen molar-refractivity contribution in [3.8, 4) is 5.75 Å². The van der Waals surface area contributed by atoms with Crippen LogP contribution in [-0.2, 0) is 11.2 Å². The van der Waals surface area contributed by atoms with E-state index in [1.807, 2.05) is 30.3 Å². The summed E-state index contributed by atoms with van der Waals surface area (Å²) in [5.74, 6) is -0.0277. The number of carbonyl (C=O) groups is 2. The number of esters is 1. The summed E-state index contributed by atoms with van der Waals surface area (Å²) in [5.41, 5.74) is 1.07. The van der Waals surface area contributed by atoms with Crippen LogP contribution >= 0.6 is 11.3 Å². The molecule has 0 radical (unpaired) electrons. The Balaban J connectivity index is 1.87. The molecule has 1 heterocycles. The first-order valence-corrected chi connectivity index (χ1v) is 8.21. The second-order valence-electron chi connectivity index (χ2n) is 5.27.